The molecule has 7 nitrogen and oxygen atoms in total. The number of hydrogen-bond acceptors (Lipinski definition) is 7. The smallest absolute Gasteiger partial charge is 0.331 e. The SMILES string of the molecule is COC(=O)/C=C1/S/C(=N\N=Cc2ccc(F)cc2Oc2ccccc2)NC1=O. The van der Waals surface area contributed by atoms with E-state index in [0.717, 1.165) is 17.8 Å². The summed E-state index contributed by atoms with van der Waals surface area (Å²) in [6.07, 6.45) is 2.44. The number of para-hydroxylation sites is 1. The summed E-state index contributed by atoms with van der Waals surface area (Å²) in [6.45, 7) is 0. The van der Waals surface area contributed by atoms with Crippen molar-refractivity contribution in [2.75, 3.05) is 7.11 Å². The summed E-state index contributed by atoms with van der Waals surface area (Å²) in [7, 11) is 1.22. The highest BCUT2D eigenvalue weighted by molar-refractivity contribution is 8.18. The Morgan fingerprint density at radius 3 is 2.75 bits per heavy atom. The van der Waals surface area contributed by atoms with Gasteiger partial charge in [-0.25, -0.2) is 9.18 Å². The van der Waals surface area contributed by atoms with Crippen LogP contribution < -0.4 is 10.1 Å². The lowest BCUT2D eigenvalue weighted by Crippen LogP contribution is -2.19. The van der Waals surface area contributed by atoms with Crippen molar-refractivity contribution in [3.05, 3.63) is 70.9 Å². The molecule has 28 heavy (non-hydrogen) atoms. The number of methoxy groups -OCH3 is 1. The van der Waals surface area contributed by atoms with E-state index in [1.807, 2.05) is 6.07 Å². The van der Waals surface area contributed by atoms with Gasteiger partial charge in [-0.3, -0.25) is 10.1 Å². The summed E-state index contributed by atoms with van der Waals surface area (Å²) >= 11 is 0.951. The van der Waals surface area contributed by atoms with E-state index in [1.54, 1.807) is 24.3 Å². The number of nitrogens with one attached hydrogen (secondary N) is 1. The molecule has 0 bridgehead atoms. The molecule has 0 spiro atoms. The number of benzene rings is 2. The summed E-state index contributed by atoms with van der Waals surface area (Å²) < 4.78 is 23.8. The van der Waals surface area contributed by atoms with Crippen molar-refractivity contribution in [1.82, 2.24) is 5.32 Å². The number of amides is 1. The third-order valence-electron chi connectivity index (χ3n) is 3.39. The van der Waals surface area contributed by atoms with Crippen LogP contribution in [0.25, 0.3) is 0 Å². The lowest BCUT2D eigenvalue weighted by molar-refractivity contribution is -0.135. The fourth-order valence-corrected chi connectivity index (χ4v) is 2.84. The molecular weight excluding hydrogens is 385 g/mol. The highest BCUT2D eigenvalue weighted by Crippen LogP contribution is 2.26. The Labute approximate surface area is 163 Å². The maximum absolute atomic E-state index is 13.6. The molecule has 1 fully saturated rings. The van der Waals surface area contributed by atoms with Crippen molar-refractivity contribution in [1.29, 1.82) is 0 Å². The first-order chi connectivity index (χ1) is 13.5. The molecule has 0 atom stereocenters. The number of thioether (sulfide) groups is 1. The normalized spacial score (nSPS) is 16.6. The number of esters is 1. The zero-order valence-corrected chi connectivity index (χ0v) is 15.4. The fourth-order valence-electron chi connectivity index (χ4n) is 2.10. The third kappa shape index (κ3) is 5.04. The lowest BCUT2D eigenvalue weighted by Gasteiger charge is -2.08. The van der Waals surface area contributed by atoms with Crippen LogP contribution in [0.3, 0.4) is 0 Å². The van der Waals surface area contributed by atoms with Gasteiger partial charge in [0.15, 0.2) is 5.17 Å². The topological polar surface area (TPSA) is 89.3 Å². The Morgan fingerprint density at radius 2 is 2.00 bits per heavy atom. The average molecular weight is 399 g/mol. The summed E-state index contributed by atoms with van der Waals surface area (Å²) in [5, 5.41) is 10.5. The van der Waals surface area contributed by atoms with Crippen LogP contribution in [0, 0.1) is 5.82 Å². The van der Waals surface area contributed by atoms with Crippen LogP contribution >= 0.6 is 11.8 Å². The molecule has 1 saturated heterocycles. The molecule has 2 aromatic carbocycles. The van der Waals surface area contributed by atoms with Gasteiger partial charge in [0.1, 0.15) is 17.3 Å². The van der Waals surface area contributed by atoms with Gasteiger partial charge >= 0.3 is 5.97 Å². The number of nitrogens with zero attached hydrogens (tertiary/aromatic N) is 2. The first-order valence-corrected chi connectivity index (χ1v) is 8.79. The van der Waals surface area contributed by atoms with Gasteiger partial charge in [0.2, 0.25) is 0 Å². The van der Waals surface area contributed by atoms with Gasteiger partial charge in [0.05, 0.1) is 18.2 Å². The zero-order valence-electron chi connectivity index (χ0n) is 14.6. The zero-order chi connectivity index (χ0) is 19.9. The van der Waals surface area contributed by atoms with E-state index >= 15 is 0 Å². The van der Waals surface area contributed by atoms with Crippen LogP contribution in [-0.4, -0.2) is 30.4 Å². The molecule has 0 saturated carbocycles. The minimum atomic E-state index is -0.642. The second-order valence-corrected chi connectivity index (χ2v) is 6.37. The highest BCUT2D eigenvalue weighted by Gasteiger charge is 2.25. The molecule has 9 heteroatoms. The van der Waals surface area contributed by atoms with Gasteiger partial charge < -0.3 is 9.47 Å². The van der Waals surface area contributed by atoms with E-state index in [-0.39, 0.29) is 15.8 Å². The molecule has 0 unspecified atom stereocenters. The van der Waals surface area contributed by atoms with Gasteiger partial charge in [-0.1, -0.05) is 18.2 Å². The molecule has 0 radical (unpaired) electrons. The van der Waals surface area contributed by atoms with Crippen LogP contribution in [0.15, 0.2) is 69.7 Å². The van der Waals surface area contributed by atoms with Crippen LogP contribution in [0.4, 0.5) is 4.39 Å². The van der Waals surface area contributed by atoms with E-state index in [0.29, 0.717) is 11.3 Å². The fraction of sp³-hybridized carbons (Fsp3) is 0.0526. The van der Waals surface area contributed by atoms with Crippen LogP contribution in [0.1, 0.15) is 5.56 Å². The van der Waals surface area contributed by atoms with Crippen molar-refractivity contribution >= 4 is 35.0 Å². The Hall–Kier alpha value is -3.46. The van der Waals surface area contributed by atoms with Gasteiger partial charge in [-0.05, 0) is 36.0 Å². The number of ether oxygens (including phenoxy) is 2. The number of carbonyl (C=O) groups is 2. The van der Waals surface area contributed by atoms with E-state index in [9.17, 15) is 14.0 Å². The van der Waals surface area contributed by atoms with Gasteiger partial charge in [-0.2, -0.15) is 5.10 Å². The standard InChI is InChI=1S/C19H14FN3O4S/c1-26-17(24)10-16-18(25)22-19(28-16)23-21-11-12-7-8-13(20)9-15(12)27-14-5-3-2-4-6-14/h2-11H,1H3,(H,22,23,25)/b16-10+,21-11?. The van der Waals surface area contributed by atoms with Gasteiger partial charge in [-0.15, -0.1) is 5.10 Å². The Morgan fingerprint density at radius 1 is 1.21 bits per heavy atom. The summed E-state index contributed by atoms with van der Waals surface area (Å²) in [6, 6.07) is 12.9. The first kappa shape index (κ1) is 19.3. The molecule has 0 aliphatic carbocycles. The summed E-state index contributed by atoms with van der Waals surface area (Å²) in [5.41, 5.74) is 0.495. The molecule has 1 aliphatic heterocycles. The number of rotatable bonds is 5. The molecule has 1 heterocycles. The first-order valence-electron chi connectivity index (χ1n) is 7.97. The van der Waals surface area contributed by atoms with Crippen LogP contribution in [0.5, 0.6) is 11.5 Å². The van der Waals surface area contributed by atoms with Crippen molar-refractivity contribution in [2.24, 2.45) is 10.2 Å². The van der Waals surface area contributed by atoms with E-state index in [2.05, 4.69) is 20.3 Å². The molecule has 1 amide bonds. The Bertz CT molecular complexity index is 990. The molecular formula is C19H14FN3O4S. The number of halogens is 1. The van der Waals surface area contributed by atoms with Gasteiger partial charge in [0, 0.05) is 17.7 Å². The molecule has 1 aliphatic rings. The predicted octanol–water partition coefficient (Wildman–Crippen LogP) is 3.23. The summed E-state index contributed by atoms with van der Waals surface area (Å²) in [5.74, 6) is -0.754. The number of hydrogen-bond donors (Lipinski definition) is 1. The second-order valence-electron chi connectivity index (χ2n) is 5.33. The Kier molecular flexibility index (Phi) is 6.18. The quantitative estimate of drug-likeness (QED) is 0.361. The van der Waals surface area contributed by atoms with Crippen LogP contribution in [0.2, 0.25) is 0 Å². The molecule has 3 rings (SSSR count). The predicted molar refractivity (Wildman–Crippen MR) is 104 cm³/mol. The summed E-state index contributed by atoms with van der Waals surface area (Å²) in [4.78, 5) is 23.1. The number of amidine groups is 1. The highest BCUT2D eigenvalue weighted by atomic mass is 32.2. The monoisotopic (exact) mass is 399 g/mol. The van der Waals surface area contributed by atoms with Crippen molar-refractivity contribution in [3.63, 3.8) is 0 Å². The van der Waals surface area contributed by atoms with Crippen LogP contribution in [-0.2, 0) is 14.3 Å². The molecule has 1 N–H and O–H groups in total. The van der Waals surface area contributed by atoms with Crippen molar-refractivity contribution in [3.8, 4) is 11.5 Å². The van der Waals surface area contributed by atoms with Crippen molar-refractivity contribution < 1.29 is 23.5 Å². The maximum Gasteiger partial charge on any atom is 0.331 e. The molecule has 142 valence electrons. The van der Waals surface area contributed by atoms with E-state index < -0.39 is 17.7 Å². The van der Waals surface area contributed by atoms with E-state index in [1.165, 1.54) is 31.5 Å². The molecule has 0 aromatic heterocycles. The average Bonchev–Trinajstić information content (AvgIpc) is 3.03. The third-order valence-corrected chi connectivity index (χ3v) is 4.29. The van der Waals surface area contributed by atoms with E-state index in [4.69, 9.17) is 4.74 Å². The Balaban J connectivity index is 1.76. The maximum atomic E-state index is 13.6. The molecule has 2 aromatic rings. The lowest BCUT2D eigenvalue weighted by atomic mass is 10.2. The largest absolute Gasteiger partial charge is 0.466 e. The number of carbonyl (C=O) groups excluding carboxylic acids is 2. The van der Waals surface area contributed by atoms with Crippen molar-refractivity contribution in [2.45, 2.75) is 0 Å². The minimum absolute atomic E-state index is 0.149. The minimum Gasteiger partial charge on any atom is -0.466 e. The van der Waals surface area contributed by atoms with Gasteiger partial charge in [0.25, 0.3) is 5.91 Å². The second kappa shape index (κ2) is 8.96.